The molecule has 0 bridgehead atoms. The monoisotopic (exact) mass is 205 g/mol. The third kappa shape index (κ3) is 3.22. The molecule has 1 aromatic carbocycles. The lowest BCUT2D eigenvalue weighted by Gasteiger charge is -2.14. The predicted molar refractivity (Wildman–Crippen MR) is 60.4 cm³/mol. The number of anilines is 1. The normalized spacial score (nSPS) is 14.0. The summed E-state index contributed by atoms with van der Waals surface area (Å²) in [5.41, 5.74) is 0.679. The van der Waals surface area contributed by atoms with E-state index in [1.54, 1.807) is 25.1 Å². The lowest BCUT2D eigenvalue weighted by Crippen LogP contribution is -2.32. The molecule has 1 amide bonds. The van der Waals surface area contributed by atoms with Gasteiger partial charge in [-0.25, -0.2) is 0 Å². The molecule has 3 nitrogen and oxygen atoms in total. The SMILES string of the molecule is C=C[C@@H](C)[C@H](O)C(=O)Nc1ccccc1. The highest BCUT2D eigenvalue weighted by Crippen LogP contribution is 2.09. The summed E-state index contributed by atoms with van der Waals surface area (Å²) in [5, 5.41) is 12.2. The van der Waals surface area contributed by atoms with Crippen LogP contribution in [0.2, 0.25) is 0 Å². The van der Waals surface area contributed by atoms with Crippen molar-refractivity contribution in [1.82, 2.24) is 0 Å². The highest BCUT2D eigenvalue weighted by atomic mass is 16.3. The van der Waals surface area contributed by atoms with Crippen LogP contribution < -0.4 is 5.32 Å². The molecule has 0 aliphatic rings. The second kappa shape index (κ2) is 5.32. The second-order valence-corrected chi connectivity index (χ2v) is 3.39. The summed E-state index contributed by atoms with van der Waals surface area (Å²) < 4.78 is 0. The Kier molecular flexibility index (Phi) is 4.06. The van der Waals surface area contributed by atoms with Crippen molar-refractivity contribution in [3.8, 4) is 0 Å². The summed E-state index contributed by atoms with van der Waals surface area (Å²) >= 11 is 0. The number of aliphatic hydroxyl groups is 1. The Morgan fingerprint density at radius 1 is 1.47 bits per heavy atom. The van der Waals surface area contributed by atoms with Crippen molar-refractivity contribution in [2.75, 3.05) is 5.32 Å². The molecule has 1 rings (SSSR count). The maximum absolute atomic E-state index is 11.5. The lowest BCUT2D eigenvalue weighted by atomic mass is 10.0. The molecule has 2 N–H and O–H groups in total. The molecule has 0 radical (unpaired) electrons. The predicted octanol–water partition coefficient (Wildman–Crippen LogP) is 1.81. The molecular formula is C12H15NO2. The third-order valence-corrected chi connectivity index (χ3v) is 2.18. The Morgan fingerprint density at radius 3 is 2.60 bits per heavy atom. The molecule has 0 unspecified atom stereocenters. The zero-order chi connectivity index (χ0) is 11.3. The number of aliphatic hydroxyl groups excluding tert-OH is 1. The van der Waals surface area contributed by atoms with Gasteiger partial charge in [0.2, 0.25) is 0 Å². The Bertz CT molecular complexity index is 335. The fourth-order valence-corrected chi connectivity index (χ4v) is 1.11. The number of carbonyl (C=O) groups excluding carboxylic acids is 1. The van der Waals surface area contributed by atoms with Crippen molar-refractivity contribution in [2.24, 2.45) is 5.92 Å². The molecule has 2 atom stereocenters. The van der Waals surface area contributed by atoms with E-state index in [9.17, 15) is 9.90 Å². The van der Waals surface area contributed by atoms with E-state index in [0.29, 0.717) is 5.69 Å². The van der Waals surface area contributed by atoms with Crippen LogP contribution in [0.5, 0.6) is 0 Å². The Hall–Kier alpha value is -1.61. The van der Waals surface area contributed by atoms with E-state index < -0.39 is 12.0 Å². The molecule has 0 heterocycles. The first kappa shape index (κ1) is 11.5. The van der Waals surface area contributed by atoms with E-state index in [4.69, 9.17) is 0 Å². The van der Waals surface area contributed by atoms with Crippen molar-refractivity contribution in [2.45, 2.75) is 13.0 Å². The van der Waals surface area contributed by atoms with Gasteiger partial charge in [0, 0.05) is 11.6 Å². The number of para-hydroxylation sites is 1. The fraction of sp³-hybridized carbons (Fsp3) is 0.250. The van der Waals surface area contributed by atoms with E-state index in [0.717, 1.165) is 0 Å². The fourth-order valence-electron chi connectivity index (χ4n) is 1.11. The molecule has 0 fully saturated rings. The molecule has 0 aliphatic carbocycles. The molecule has 0 saturated carbocycles. The summed E-state index contributed by atoms with van der Waals surface area (Å²) in [6.07, 6.45) is 0.498. The smallest absolute Gasteiger partial charge is 0.253 e. The number of carbonyl (C=O) groups is 1. The number of rotatable bonds is 4. The van der Waals surface area contributed by atoms with Gasteiger partial charge in [-0.2, -0.15) is 0 Å². The van der Waals surface area contributed by atoms with Gasteiger partial charge in [-0.05, 0) is 12.1 Å². The van der Waals surface area contributed by atoms with Crippen LogP contribution in [0.1, 0.15) is 6.92 Å². The molecule has 3 heteroatoms. The van der Waals surface area contributed by atoms with Crippen LogP contribution in [-0.4, -0.2) is 17.1 Å². The van der Waals surface area contributed by atoms with Crippen molar-refractivity contribution in [3.05, 3.63) is 43.0 Å². The summed E-state index contributed by atoms with van der Waals surface area (Å²) in [6.45, 7) is 5.27. The van der Waals surface area contributed by atoms with Crippen LogP contribution in [-0.2, 0) is 4.79 Å². The molecule has 15 heavy (non-hydrogen) atoms. The van der Waals surface area contributed by atoms with Gasteiger partial charge in [0.25, 0.3) is 5.91 Å². The number of benzene rings is 1. The minimum Gasteiger partial charge on any atom is -0.383 e. The summed E-state index contributed by atoms with van der Waals surface area (Å²) in [6, 6.07) is 9.03. The molecule has 0 saturated heterocycles. The standard InChI is InChI=1S/C12H15NO2/c1-3-9(2)11(14)12(15)13-10-7-5-4-6-8-10/h3-9,11,14H,1H2,2H3,(H,13,15)/t9-,11+/m1/s1. The molecule has 0 aromatic heterocycles. The van der Waals surface area contributed by atoms with Crippen molar-refractivity contribution in [3.63, 3.8) is 0 Å². The van der Waals surface area contributed by atoms with Crippen LogP contribution in [0.4, 0.5) is 5.69 Å². The quantitative estimate of drug-likeness (QED) is 0.736. The van der Waals surface area contributed by atoms with Crippen molar-refractivity contribution < 1.29 is 9.90 Å². The topological polar surface area (TPSA) is 49.3 Å². The molecule has 80 valence electrons. The molecule has 0 aliphatic heterocycles. The number of amides is 1. The van der Waals surface area contributed by atoms with E-state index >= 15 is 0 Å². The van der Waals surface area contributed by atoms with Crippen LogP contribution in [0.25, 0.3) is 0 Å². The van der Waals surface area contributed by atoms with Gasteiger partial charge < -0.3 is 10.4 Å². The largest absolute Gasteiger partial charge is 0.383 e. The number of hydrogen-bond acceptors (Lipinski definition) is 2. The maximum atomic E-state index is 11.5. The van der Waals surface area contributed by atoms with Gasteiger partial charge >= 0.3 is 0 Å². The van der Waals surface area contributed by atoms with Gasteiger partial charge in [-0.1, -0.05) is 31.2 Å². The zero-order valence-electron chi connectivity index (χ0n) is 8.68. The molecule has 0 spiro atoms. The zero-order valence-corrected chi connectivity index (χ0v) is 8.68. The highest BCUT2D eigenvalue weighted by Gasteiger charge is 2.19. The van der Waals surface area contributed by atoms with Crippen LogP contribution in [0.15, 0.2) is 43.0 Å². The average molecular weight is 205 g/mol. The van der Waals surface area contributed by atoms with E-state index in [1.807, 2.05) is 18.2 Å². The first-order valence-corrected chi connectivity index (χ1v) is 4.81. The van der Waals surface area contributed by atoms with Crippen molar-refractivity contribution in [1.29, 1.82) is 0 Å². The average Bonchev–Trinajstić information content (AvgIpc) is 2.28. The van der Waals surface area contributed by atoms with Crippen LogP contribution in [0.3, 0.4) is 0 Å². The second-order valence-electron chi connectivity index (χ2n) is 3.39. The Morgan fingerprint density at radius 2 is 2.07 bits per heavy atom. The number of hydrogen-bond donors (Lipinski definition) is 2. The molecule has 1 aromatic rings. The van der Waals surface area contributed by atoms with Crippen molar-refractivity contribution >= 4 is 11.6 Å². The van der Waals surface area contributed by atoms with E-state index in [1.165, 1.54) is 0 Å². The first-order valence-electron chi connectivity index (χ1n) is 4.81. The van der Waals surface area contributed by atoms with E-state index in [2.05, 4.69) is 11.9 Å². The highest BCUT2D eigenvalue weighted by molar-refractivity contribution is 5.94. The summed E-state index contributed by atoms with van der Waals surface area (Å²) in [4.78, 5) is 11.5. The number of nitrogens with one attached hydrogen (secondary N) is 1. The van der Waals surface area contributed by atoms with Gasteiger partial charge in [-0.3, -0.25) is 4.79 Å². The Labute approximate surface area is 89.4 Å². The third-order valence-electron chi connectivity index (χ3n) is 2.18. The summed E-state index contributed by atoms with van der Waals surface area (Å²) in [7, 11) is 0. The Balaban J connectivity index is 2.60. The maximum Gasteiger partial charge on any atom is 0.253 e. The van der Waals surface area contributed by atoms with Gasteiger partial charge in [-0.15, -0.1) is 6.58 Å². The lowest BCUT2D eigenvalue weighted by molar-refractivity contribution is -0.125. The van der Waals surface area contributed by atoms with Gasteiger partial charge in [0.05, 0.1) is 0 Å². The van der Waals surface area contributed by atoms with Gasteiger partial charge in [0.15, 0.2) is 0 Å². The van der Waals surface area contributed by atoms with Crippen LogP contribution in [0, 0.1) is 5.92 Å². The first-order chi connectivity index (χ1) is 7.15. The van der Waals surface area contributed by atoms with E-state index in [-0.39, 0.29) is 5.92 Å². The van der Waals surface area contributed by atoms with Gasteiger partial charge in [0.1, 0.15) is 6.10 Å². The van der Waals surface area contributed by atoms with Crippen LogP contribution >= 0.6 is 0 Å². The molecular weight excluding hydrogens is 190 g/mol. The minimum absolute atomic E-state index is 0.256. The summed E-state index contributed by atoms with van der Waals surface area (Å²) in [5.74, 6) is -0.665. The minimum atomic E-state index is -1.05.